The molecule has 1 heterocycles. The average molecular weight is 564 g/mol. The molecule has 0 saturated carbocycles. The number of amides is 3. The molecule has 3 amide bonds. The smallest absolute Gasteiger partial charge is 0.253 e. The zero-order valence-electron chi connectivity index (χ0n) is 21.5. The van der Waals surface area contributed by atoms with E-state index in [1.54, 1.807) is 23.5 Å². The van der Waals surface area contributed by atoms with Crippen LogP contribution in [0.4, 0.5) is 5.69 Å². The van der Waals surface area contributed by atoms with Crippen molar-refractivity contribution < 1.29 is 47.1 Å². The Hall–Kier alpha value is -2.83. The third-order valence-corrected chi connectivity index (χ3v) is 5.07. The van der Waals surface area contributed by atoms with Crippen LogP contribution in [0.15, 0.2) is 91.6 Å². The fourth-order valence-electron chi connectivity index (χ4n) is 3.54. The molecule has 6 nitrogen and oxygen atoms in total. The van der Waals surface area contributed by atoms with E-state index in [2.05, 4.69) is 23.8 Å². The number of likely N-dealkylation sites (tertiary alicyclic amines) is 1. The molecular weight excluding hydrogens is 527 g/mol. The molecule has 1 radical (unpaired) electrons. The van der Waals surface area contributed by atoms with Crippen LogP contribution in [0.25, 0.3) is 11.1 Å². The maximum Gasteiger partial charge on any atom is 0.253 e. The van der Waals surface area contributed by atoms with E-state index in [1.165, 1.54) is 18.6 Å². The zero-order valence-corrected chi connectivity index (χ0v) is 24.3. The number of carbonyl (C=O) groups excluding carboxylic acids is 3. The van der Waals surface area contributed by atoms with Crippen molar-refractivity contribution in [1.29, 1.82) is 0 Å². The third-order valence-electron chi connectivity index (χ3n) is 5.07. The Bertz CT molecular complexity index is 989. The van der Waals surface area contributed by atoms with E-state index in [0.717, 1.165) is 30.6 Å². The maximum absolute atomic E-state index is 12.2. The molecule has 1 atom stereocenters. The molecule has 1 aliphatic rings. The number of carbonyl (C=O) groups is 2. The van der Waals surface area contributed by atoms with Crippen molar-refractivity contribution in [1.82, 2.24) is 10.2 Å². The minimum absolute atomic E-state index is 0. The Labute approximate surface area is 240 Å². The van der Waals surface area contributed by atoms with Crippen molar-refractivity contribution in [3.05, 3.63) is 91.6 Å². The number of hydrogen-bond acceptors (Lipinski definition) is 3. The number of hydrogen-bond donors (Lipinski definition) is 2. The standard InChI is InChI=1S/C14H20N2O2.C13H10NO.C2H6.Y/c1-4-7-12(5-2)14(18)16-9-6-8-13(10-16)15-11(3)17;15-10-14-13-8-6-12(7-9-13)11-4-2-1-3-5-11;1-2;/h4-5,7,13H,1-2,6,8-10H2,3H3,(H,15,17);1-9H,(H,14,15);1-2H3;/q;-1;;/b12-7+;;;. The SMILES string of the molecule is C=C/C=C(\C=C)C(=O)N1CCCC(NC(C)=O)C1.CC.O=[C-]Nc1ccc(-c2ccccc2)cc1.[Y]. The van der Waals surface area contributed by atoms with Gasteiger partial charge in [-0.15, -0.1) is 17.8 Å². The predicted molar refractivity (Wildman–Crippen MR) is 144 cm³/mol. The van der Waals surface area contributed by atoms with Crippen LogP contribution in [0.2, 0.25) is 0 Å². The van der Waals surface area contributed by atoms with Gasteiger partial charge in [0.15, 0.2) is 0 Å². The summed E-state index contributed by atoms with van der Waals surface area (Å²) in [5.41, 5.74) is 3.59. The second kappa shape index (κ2) is 19.4. The number of rotatable bonds is 7. The monoisotopic (exact) mass is 563 g/mol. The summed E-state index contributed by atoms with van der Waals surface area (Å²) < 4.78 is 0. The fraction of sp³-hybridized carbons (Fsp3) is 0.276. The Balaban J connectivity index is 0.000000627. The molecule has 1 fully saturated rings. The molecule has 7 heteroatoms. The largest absolute Gasteiger partial charge is 0.490 e. The van der Waals surface area contributed by atoms with E-state index < -0.39 is 0 Å². The summed E-state index contributed by atoms with van der Waals surface area (Å²) in [6.45, 7) is 14.0. The Morgan fingerprint density at radius 1 is 1.03 bits per heavy atom. The van der Waals surface area contributed by atoms with Crippen molar-refractivity contribution in [2.45, 2.75) is 39.7 Å². The topological polar surface area (TPSA) is 78.5 Å². The second-order valence-electron chi connectivity index (χ2n) is 7.52. The van der Waals surface area contributed by atoms with Crippen molar-refractivity contribution in [3.63, 3.8) is 0 Å². The van der Waals surface area contributed by atoms with Gasteiger partial charge in [-0.1, -0.05) is 87.7 Å². The number of piperidine rings is 1. The molecule has 2 aromatic carbocycles. The summed E-state index contributed by atoms with van der Waals surface area (Å²) >= 11 is 0. The molecule has 36 heavy (non-hydrogen) atoms. The Morgan fingerprint density at radius 3 is 2.17 bits per heavy atom. The summed E-state index contributed by atoms with van der Waals surface area (Å²) in [5.74, 6) is -0.111. The first-order chi connectivity index (χ1) is 17.0. The van der Waals surface area contributed by atoms with Gasteiger partial charge in [-0.05, 0) is 24.0 Å². The molecule has 189 valence electrons. The van der Waals surface area contributed by atoms with Gasteiger partial charge >= 0.3 is 0 Å². The van der Waals surface area contributed by atoms with Crippen molar-refractivity contribution in [2.24, 2.45) is 0 Å². The molecule has 1 saturated heterocycles. The minimum atomic E-state index is -0.0557. The molecule has 0 bridgehead atoms. The molecule has 3 rings (SSSR count). The van der Waals surface area contributed by atoms with Crippen LogP contribution >= 0.6 is 0 Å². The first-order valence-electron chi connectivity index (χ1n) is 11.8. The van der Waals surface area contributed by atoms with E-state index in [4.69, 9.17) is 0 Å². The number of anilines is 1. The Kier molecular flexibility index (Phi) is 17.9. The van der Waals surface area contributed by atoms with Gasteiger partial charge in [0.25, 0.3) is 5.91 Å². The van der Waals surface area contributed by atoms with E-state index in [0.29, 0.717) is 12.1 Å². The number of nitrogens with zero attached hydrogens (tertiary/aromatic N) is 1. The van der Waals surface area contributed by atoms with Gasteiger partial charge in [0.05, 0.1) is 6.41 Å². The van der Waals surface area contributed by atoms with Gasteiger partial charge in [0, 0.05) is 64.3 Å². The second-order valence-corrected chi connectivity index (χ2v) is 7.52. The molecule has 0 spiro atoms. The normalized spacial score (nSPS) is 14.2. The molecular formula is C29H36N3O3Y-. The molecule has 0 aromatic heterocycles. The number of allylic oxidation sites excluding steroid dienone is 2. The number of benzene rings is 2. The van der Waals surface area contributed by atoms with Gasteiger partial charge < -0.3 is 20.3 Å². The van der Waals surface area contributed by atoms with Crippen molar-refractivity contribution in [3.8, 4) is 11.1 Å². The first kappa shape index (κ1) is 33.2. The van der Waals surface area contributed by atoms with E-state index in [-0.39, 0.29) is 50.6 Å². The van der Waals surface area contributed by atoms with Crippen LogP contribution in [0.1, 0.15) is 33.6 Å². The quantitative estimate of drug-likeness (QED) is 0.209. The maximum atomic E-state index is 12.2. The van der Waals surface area contributed by atoms with E-state index >= 15 is 0 Å². The molecule has 2 N–H and O–H groups in total. The van der Waals surface area contributed by atoms with Crippen molar-refractivity contribution >= 4 is 23.9 Å². The van der Waals surface area contributed by atoms with Crippen LogP contribution in [0.3, 0.4) is 0 Å². The van der Waals surface area contributed by atoms with Crippen LogP contribution < -0.4 is 10.6 Å². The predicted octanol–water partition coefficient (Wildman–Crippen LogP) is 5.27. The van der Waals surface area contributed by atoms with Gasteiger partial charge in [-0.25, -0.2) is 0 Å². The average Bonchev–Trinajstić information content (AvgIpc) is 2.89. The van der Waals surface area contributed by atoms with Gasteiger partial charge in [-0.3, -0.25) is 9.59 Å². The van der Waals surface area contributed by atoms with E-state index in [9.17, 15) is 14.4 Å². The molecule has 2 aromatic rings. The van der Waals surface area contributed by atoms with Crippen LogP contribution in [-0.2, 0) is 47.1 Å². The van der Waals surface area contributed by atoms with Gasteiger partial charge in [0.1, 0.15) is 0 Å². The van der Waals surface area contributed by atoms with Crippen molar-refractivity contribution in [2.75, 3.05) is 18.4 Å². The van der Waals surface area contributed by atoms with Gasteiger partial charge in [-0.2, -0.15) is 0 Å². The first-order valence-corrected chi connectivity index (χ1v) is 11.8. The Morgan fingerprint density at radius 2 is 1.64 bits per heavy atom. The van der Waals surface area contributed by atoms with Gasteiger partial charge in [0.2, 0.25) is 5.91 Å². The molecule has 0 aliphatic carbocycles. The minimum Gasteiger partial charge on any atom is -0.490 e. The third kappa shape index (κ3) is 11.7. The summed E-state index contributed by atoms with van der Waals surface area (Å²) in [5, 5.41) is 5.34. The summed E-state index contributed by atoms with van der Waals surface area (Å²) in [7, 11) is 0. The summed E-state index contributed by atoms with van der Waals surface area (Å²) in [4.78, 5) is 35.0. The molecule has 1 unspecified atom stereocenters. The van der Waals surface area contributed by atoms with Crippen LogP contribution in [0.5, 0.6) is 0 Å². The number of nitrogens with one attached hydrogen (secondary N) is 2. The zero-order chi connectivity index (χ0) is 26.1. The summed E-state index contributed by atoms with van der Waals surface area (Å²) in [6.07, 6.45) is 8.21. The van der Waals surface area contributed by atoms with E-state index in [1.807, 2.05) is 68.4 Å². The van der Waals surface area contributed by atoms with Crippen LogP contribution in [0, 0.1) is 0 Å². The fourth-order valence-corrected chi connectivity index (χ4v) is 3.54. The van der Waals surface area contributed by atoms with Crippen LogP contribution in [-0.4, -0.2) is 42.3 Å². The molecule has 1 aliphatic heterocycles. The summed E-state index contributed by atoms with van der Waals surface area (Å²) in [6, 6.07) is 17.8.